The molecule has 0 amide bonds. The number of hydrogen-bond acceptors (Lipinski definition) is 3. The van der Waals surface area contributed by atoms with Crippen LogP contribution in [0.25, 0.3) is 0 Å². The Morgan fingerprint density at radius 2 is 1.92 bits per heavy atom. The Labute approximate surface area is 160 Å². The second kappa shape index (κ2) is 7.40. The Balaban J connectivity index is 1.64. The van der Waals surface area contributed by atoms with E-state index in [4.69, 9.17) is 4.99 Å². The van der Waals surface area contributed by atoms with E-state index in [1.165, 1.54) is 72.3 Å². The minimum atomic E-state index is 0.648. The van der Waals surface area contributed by atoms with E-state index in [2.05, 4.69) is 30.6 Å². The van der Waals surface area contributed by atoms with Crippen LogP contribution in [0.5, 0.6) is 0 Å². The van der Waals surface area contributed by atoms with Crippen molar-refractivity contribution in [2.45, 2.75) is 77.7 Å². The predicted octanol–water partition coefficient (Wildman–Crippen LogP) is 6.17. The molecule has 0 spiro atoms. The van der Waals surface area contributed by atoms with Gasteiger partial charge in [-0.2, -0.15) is 5.26 Å². The first-order chi connectivity index (χ1) is 12.7. The van der Waals surface area contributed by atoms with Crippen molar-refractivity contribution < 1.29 is 0 Å². The number of aliphatic imine (C=N–C) groups is 1. The Hall–Kier alpha value is -1.86. The summed E-state index contributed by atoms with van der Waals surface area (Å²) in [5.74, 6) is 0. The zero-order valence-corrected chi connectivity index (χ0v) is 16.7. The monoisotopic (exact) mass is 365 g/mol. The van der Waals surface area contributed by atoms with Gasteiger partial charge in [0.05, 0.1) is 5.56 Å². The predicted molar refractivity (Wildman–Crippen MR) is 109 cm³/mol. The molecule has 2 aromatic heterocycles. The smallest absolute Gasteiger partial charge is 0.134 e. The van der Waals surface area contributed by atoms with E-state index in [0.717, 1.165) is 23.4 Å². The molecule has 2 heterocycles. The number of rotatable bonds is 3. The fourth-order valence-corrected chi connectivity index (χ4v) is 5.90. The summed E-state index contributed by atoms with van der Waals surface area (Å²) in [6, 6.07) is 5.32. The lowest BCUT2D eigenvalue weighted by Crippen LogP contribution is -2.15. The van der Waals surface area contributed by atoms with Gasteiger partial charge in [0.25, 0.3) is 0 Å². The first kappa shape index (κ1) is 17.5. The number of nitriles is 1. The van der Waals surface area contributed by atoms with Gasteiger partial charge in [0.2, 0.25) is 0 Å². The van der Waals surface area contributed by atoms with E-state index in [1.807, 2.05) is 6.21 Å². The fraction of sp³-hybridized carbons (Fsp3) is 0.545. The largest absolute Gasteiger partial charge is 0.345 e. The highest BCUT2D eigenvalue weighted by atomic mass is 32.1. The molecule has 4 heteroatoms. The zero-order valence-electron chi connectivity index (χ0n) is 15.8. The minimum Gasteiger partial charge on any atom is -0.345 e. The first-order valence-corrected chi connectivity index (χ1v) is 10.8. The van der Waals surface area contributed by atoms with Gasteiger partial charge in [-0.1, -0.05) is 19.3 Å². The maximum atomic E-state index is 9.61. The lowest BCUT2D eigenvalue weighted by Gasteiger charge is -2.26. The molecule has 0 atom stereocenters. The standard InChI is InChI=1S/C22H27N3S/c1-15-12-17(16(2)25(15)18-8-4-3-5-9-18)14-24-22-20(13-23)19-10-6-7-11-21(19)26-22/h12,14,18H,3-11H2,1-2H3. The number of aryl methyl sites for hydroxylation is 2. The van der Waals surface area contributed by atoms with Crippen LogP contribution in [0.1, 0.15) is 83.9 Å². The van der Waals surface area contributed by atoms with E-state index in [-0.39, 0.29) is 0 Å². The van der Waals surface area contributed by atoms with Crippen LogP contribution in [0.4, 0.5) is 5.00 Å². The molecule has 4 rings (SSSR count). The number of hydrogen-bond donors (Lipinski definition) is 0. The van der Waals surface area contributed by atoms with Gasteiger partial charge in [-0.3, -0.25) is 0 Å². The van der Waals surface area contributed by atoms with Crippen LogP contribution in [0.2, 0.25) is 0 Å². The molecule has 1 fully saturated rings. The molecule has 0 saturated heterocycles. The van der Waals surface area contributed by atoms with E-state index in [0.29, 0.717) is 6.04 Å². The van der Waals surface area contributed by atoms with E-state index in [1.54, 1.807) is 11.3 Å². The Bertz CT molecular complexity index is 872. The number of fused-ring (bicyclic) bond motifs is 1. The Morgan fingerprint density at radius 1 is 1.15 bits per heavy atom. The third-order valence-electron chi connectivity index (χ3n) is 6.05. The van der Waals surface area contributed by atoms with Gasteiger partial charge in [0.15, 0.2) is 0 Å². The van der Waals surface area contributed by atoms with E-state index in [9.17, 15) is 5.26 Å². The third kappa shape index (κ3) is 3.14. The quantitative estimate of drug-likeness (QED) is 0.599. The second-order valence-electron chi connectivity index (χ2n) is 7.75. The van der Waals surface area contributed by atoms with Gasteiger partial charge in [0, 0.05) is 34.1 Å². The summed E-state index contributed by atoms with van der Waals surface area (Å²) in [4.78, 5) is 6.15. The van der Waals surface area contributed by atoms with Crippen molar-refractivity contribution in [2.24, 2.45) is 4.99 Å². The molecule has 0 aliphatic heterocycles. The molecular weight excluding hydrogens is 338 g/mol. The van der Waals surface area contributed by atoms with Gasteiger partial charge >= 0.3 is 0 Å². The SMILES string of the molecule is Cc1cc(C=Nc2sc3c(c2C#N)CCCC3)c(C)n1C1CCCCC1. The van der Waals surface area contributed by atoms with Crippen molar-refractivity contribution in [3.05, 3.63) is 39.0 Å². The van der Waals surface area contributed by atoms with Crippen LogP contribution in [0.3, 0.4) is 0 Å². The molecular formula is C22H27N3S. The number of aromatic nitrogens is 1. The summed E-state index contributed by atoms with van der Waals surface area (Å²) in [6.07, 6.45) is 13.2. The molecule has 1 saturated carbocycles. The van der Waals surface area contributed by atoms with Crippen molar-refractivity contribution in [3.63, 3.8) is 0 Å². The van der Waals surface area contributed by atoms with Crippen LogP contribution in [-0.4, -0.2) is 10.8 Å². The molecule has 26 heavy (non-hydrogen) atoms. The Kier molecular flexibility index (Phi) is 5.00. The van der Waals surface area contributed by atoms with Crippen molar-refractivity contribution in [2.75, 3.05) is 0 Å². The van der Waals surface area contributed by atoms with Crippen LogP contribution < -0.4 is 0 Å². The molecule has 2 aromatic rings. The molecule has 2 aliphatic rings. The summed E-state index contributed by atoms with van der Waals surface area (Å²) in [5, 5.41) is 10.5. The summed E-state index contributed by atoms with van der Waals surface area (Å²) >= 11 is 1.72. The van der Waals surface area contributed by atoms with Crippen molar-refractivity contribution in [3.8, 4) is 6.07 Å². The highest BCUT2D eigenvalue weighted by Gasteiger charge is 2.21. The fourth-order valence-electron chi connectivity index (χ4n) is 4.72. The van der Waals surface area contributed by atoms with Crippen LogP contribution in [-0.2, 0) is 12.8 Å². The van der Waals surface area contributed by atoms with Gasteiger partial charge in [-0.25, -0.2) is 4.99 Å². The van der Waals surface area contributed by atoms with Crippen LogP contribution in [0.15, 0.2) is 11.1 Å². The maximum absolute atomic E-state index is 9.61. The third-order valence-corrected chi connectivity index (χ3v) is 7.25. The van der Waals surface area contributed by atoms with E-state index >= 15 is 0 Å². The summed E-state index contributed by atoms with van der Waals surface area (Å²) < 4.78 is 2.52. The zero-order chi connectivity index (χ0) is 18.1. The molecule has 0 N–H and O–H groups in total. The molecule has 0 bridgehead atoms. The van der Waals surface area contributed by atoms with Gasteiger partial charge in [0.1, 0.15) is 11.1 Å². The molecule has 0 radical (unpaired) electrons. The topological polar surface area (TPSA) is 41.1 Å². The van der Waals surface area contributed by atoms with Crippen LogP contribution >= 0.6 is 11.3 Å². The van der Waals surface area contributed by atoms with Crippen molar-refractivity contribution >= 4 is 22.6 Å². The summed E-state index contributed by atoms with van der Waals surface area (Å²) in [5.41, 5.74) is 5.94. The molecule has 0 unspecified atom stereocenters. The lowest BCUT2D eigenvalue weighted by molar-refractivity contribution is 0.346. The van der Waals surface area contributed by atoms with Gasteiger partial charge in [-0.15, -0.1) is 11.3 Å². The first-order valence-electron chi connectivity index (χ1n) is 9.96. The molecule has 136 valence electrons. The van der Waals surface area contributed by atoms with Gasteiger partial charge in [-0.05, 0) is 64.0 Å². The average Bonchev–Trinajstić information content (AvgIpc) is 3.16. The summed E-state index contributed by atoms with van der Waals surface area (Å²) in [6.45, 7) is 4.43. The van der Waals surface area contributed by atoms with Crippen molar-refractivity contribution in [1.82, 2.24) is 4.57 Å². The maximum Gasteiger partial charge on any atom is 0.134 e. The molecule has 2 aliphatic carbocycles. The highest BCUT2D eigenvalue weighted by molar-refractivity contribution is 7.16. The highest BCUT2D eigenvalue weighted by Crippen LogP contribution is 2.39. The molecule has 0 aromatic carbocycles. The van der Waals surface area contributed by atoms with E-state index < -0.39 is 0 Å². The summed E-state index contributed by atoms with van der Waals surface area (Å²) in [7, 11) is 0. The molecule has 3 nitrogen and oxygen atoms in total. The second-order valence-corrected chi connectivity index (χ2v) is 8.83. The lowest BCUT2D eigenvalue weighted by atomic mass is 9.95. The normalized spacial score (nSPS) is 18.2. The minimum absolute atomic E-state index is 0.648. The number of nitrogens with zero attached hydrogens (tertiary/aromatic N) is 3. The van der Waals surface area contributed by atoms with Gasteiger partial charge < -0.3 is 4.57 Å². The Morgan fingerprint density at radius 3 is 2.69 bits per heavy atom. The average molecular weight is 366 g/mol. The van der Waals surface area contributed by atoms with Crippen molar-refractivity contribution in [1.29, 1.82) is 5.26 Å². The number of thiophene rings is 1. The van der Waals surface area contributed by atoms with Crippen LogP contribution in [0, 0.1) is 25.2 Å².